The maximum absolute atomic E-state index is 5.17. The molecule has 0 aliphatic heterocycles. The third-order valence-corrected chi connectivity index (χ3v) is 3.06. The molecule has 0 aromatic carbocycles. The van der Waals surface area contributed by atoms with Crippen LogP contribution in [0.3, 0.4) is 0 Å². The fraction of sp³-hybridized carbons (Fsp3) is 0.400. The van der Waals surface area contributed by atoms with Crippen LogP contribution in [-0.2, 0) is 6.42 Å². The fourth-order valence-electron chi connectivity index (χ4n) is 2.01. The molecule has 0 saturated heterocycles. The second kappa shape index (κ2) is 7.55. The molecule has 2 heterocycles. The zero-order valence-electron chi connectivity index (χ0n) is 11.9. The first-order chi connectivity index (χ1) is 9.83. The standard InChI is InChI=1S/C15H20N4O/c1-3-6-17-13(9-12-4-7-16-8-5-12)14-10-15(20-2)19-11-18-14/h4-5,7-8,10-11,13,17H,3,6,9H2,1-2H3. The van der Waals surface area contributed by atoms with Gasteiger partial charge in [0.05, 0.1) is 18.8 Å². The lowest BCUT2D eigenvalue weighted by molar-refractivity contribution is 0.393. The molecule has 0 amide bonds. The number of ether oxygens (including phenoxy) is 1. The number of pyridine rings is 1. The maximum atomic E-state index is 5.17. The zero-order chi connectivity index (χ0) is 14.2. The first-order valence-electron chi connectivity index (χ1n) is 6.81. The fourth-order valence-corrected chi connectivity index (χ4v) is 2.01. The minimum atomic E-state index is 0.147. The molecule has 1 unspecified atom stereocenters. The van der Waals surface area contributed by atoms with Gasteiger partial charge in [0.15, 0.2) is 0 Å². The molecule has 2 aromatic rings. The summed E-state index contributed by atoms with van der Waals surface area (Å²) in [5.74, 6) is 0.591. The van der Waals surface area contributed by atoms with E-state index in [1.165, 1.54) is 5.56 Å². The summed E-state index contributed by atoms with van der Waals surface area (Å²) in [5, 5.41) is 3.52. The van der Waals surface area contributed by atoms with Crippen molar-refractivity contribution in [2.24, 2.45) is 0 Å². The van der Waals surface area contributed by atoms with Gasteiger partial charge < -0.3 is 10.1 Å². The van der Waals surface area contributed by atoms with Gasteiger partial charge in [0, 0.05) is 18.5 Å². The first-order valence-corrected chi connectivity index (χ1v) is 6.81. The number of aromatic nitrogens is 3. The van der Waals surface area contributed by atoms with Gasteiger partial charge in [-0.05, 0) is 37.1 Å². The van der Waals surface area contributed by atoms with Crippen LogP contribution < -0.4 is 10.1 Å². The summed E-state index contributed by atoms with van der Waals surface area (Å²) in [4.78, 5) is 12.5. The van der Waals surface area contributed by atoms with Crippen molar-refractivity contribution in [3.8, 4) is 5.88 Å². The molecule has 0 spiro atoms. The minimum Gasteiger partial charge on any atom is -0.481 e. The van der Waals surface area contributed by atoms with E-state index in [9.17, 15) is 0 Å². The molecule has 5 heteroatoms. The molecule has 2 rings (SSSR count). The van der Waals surface area contributed by atoms with Gasteiger partial charge in [-0.1, -0.05) is 6.92 Å². The van der Waals surface area contributed by atoms with E-state index in [1.54, 1.807) is 13.4 Å². The highest BCUT2D eigenvalue weighted by Gasteiger charge is 2.14. The minimum absolute atomic E-state index is 0.147. The Kier molecular flexibility index (Phi) is 5.43. The van der Waals surface area contributed by atoms with Crippen LogP contribution in [0.1, 0.15) is 30.6 Å². The molecule has 1 atom stereocenters. The van der Waals surface area contributed by atoms with Gasteiger partial charge >= 0.3 is 0 Å². The Morgan fingerprint density at radius 2 is 2.05 bits per heavy atom. The lowest BCUT2D eigenvalue weighted by Crippen LogP contribution is -2.25. The van der Waals surface area contributed by atoms with Crippen LogP contribution in [0, 0.1) is 0 Å². The summed E-state index contributed by atoms with van der Waals surface area (Å²) in [6.07, 6.45) is 7.11. The summed E-state index contributed by atoms with van der Waals surface area (Å²) < 4.78 is 5.17. The smallest absolute Gasteiger partial charge is 0.216 e. The van der Waals surface area contributed by atoms with Crippen LogP contribution in [0.5, 0.6) is 5.88 Å². The summed E-state index contributed by atoms with van der Waals surface area (Å²) >= 11 is 0. The topological polar surface area (TPSA) is 59.9 Å². The molecule has 0 aliphatic carbocycles. The van der Waals surface area contributed by atoms with Crippen molar-refractivity contribution in [3.05, 3.63) is 48.2 Å². The average Bonchev–Trinajstić information content (AvgIpc) is 2.52. The van der Waals surface area contributed by atoms with Gasteiger partial charge in [0.2, 0.25) is 5.88 Å². The molecule has 5 nitrogen and oxygen atoms in total. The predicted molar refractivity (Wildman–Crippen MR) is 77.6 cm³/mol. The van der Waals surface area contributed by atoms with Gasteiger partial charge in [0.25, 0.3) is 0 Å². The molecule has 0 fully saturated rings. The van der Waals surface area contributed by atoms with E-state index < -0.39 is 0 Å². The van der Waals surface area contributed by atoms with Crippen LogP contribution in [0.25, 0.3) is 0 Å². The lowest BCUT2D eigenvalue weighted by Gasteiger charge is -2.18. The summed E-state index contributed by atoms with van der Waals surface area (Å²) in [5.41, 5.74) is 2.17. The van der Waals surface area contributed by atoms with E-state index in [0.29, 0.717) is 5.88 Å². The molecule has 0 saturated carbocycles. The number of nitrogens with zero attached hydrogens (tertiary/aromatic N) is 3. The van der Waals surface area contributed by atoms with E-state index in [-0.39, 0.29) is 6.04 Å². The van der Waals surface area contributed by atoms with Crippen molar-refractivity contribution in [2.45, 2.75) is 25.8 Å². The normalized spacial score (nSPS) is 12.1. The Labute approximate surface area is 119 Å². The van der Waals surface area contributed by atoms with Crippen molar-refractivity contribution >= 4 is 0 Å². The molecule has 0 radical (unpaired) electrons. The molecular formula is C15H20N4O. The Balaban J connectivity index is 2.17. The maximum Gasteiger partial charge on any atom is 0.216 e. The average molecular weight is 272 g/mol. The molecule has 106 valence electrons. The molecule has 0 aliphatic rings. The third-order valence-electron chi connectivity index (χ3n) is 3.06. The van der Waals surface area contributed by atoms with Crippen molar-refractivity contribution < 1.29 is 4.74 Å². The number of hydrogen-bond acceptors (Lipinski definition) is 5. The highest BCUT2D eigenvalue weighted by atomic mass is 16.5. The first kappa shape index (κ1) is 14.4. The van der Waals surface area contributed by atoms with Gasteiger partial charge in [-0.25, -0.2) is 9.97 Å². The number of methoxy groups -OCH3 is 1. The van der Waals surface area contributed by atoms with Crippen LogP contribution in [-0.4, -0.2) is 28.6 Å². The van der Waals surface area contributed by atoms with Gasteiger partial charge in [0.1, 0.15) is 6.33 Å². The Hall–Kier alpha value is -2.01. The Bertz CT molecular complexity index is 518. The zero-order valence-corrected chi connectivity index (χ0v) is 11.9. The van der Waals surface area contributed by atoms with Crippen LogP contribution in [0.4, 0.5) is 0 Å². The molecular weight excluding hydrogens is 252 g/mol. The van der Waals surface area contributed by atoms with Gasteiger partial charge in [-0.15, -0.1) is 0 Å². The van der Waals surface area contributed by atoms with Crippen molar-refractivity contribution in [3.63, 3.8) is 0 Å². The summed E-state index contributed by atoms with van der Waals surface area (Å²) in [6.45, 7) is 3.10. The summed E-state index contributed by atoms with van der Waals surface area (Å²) in [6, 6.07) is 6.08. The predicted octanol–water partition coefficient (Wildman–Crippen LogP) is 2.16. The van der Waals surface area contributed by atoms with E-state index in [4.69, 9.17) is 4.74 Å². The second-order valence-corrected chi connectivity index (χ2v) is 4.55. The van der Waals surface area contributed by atoms with Crippen molar-refractivity contribution in [1.29, 1.82) is 0 Å². The Morgan fingerprint density at radius 3 is 2.75 bits per heavy atom. The lowest BCUT2D eigenvalue weighted by atomic mass is 10.0. The third kappa shape index (κ3) is 3.99. The number of rotatable bonds is 7. The number of hydrogen-bond donors (Lipinski definition) is 1. The number of nitrogens with one attached hydrogen (secondary N) is 1. The highest BCUT2D eigenvalue weighted by Crippen LogP contribution is 2.18. The van der Waals surface area contributed by atoms with Crippen LogP contribution >= 0.6 is 0 Å². The van der Waals surface area contributed by atoms with E-state index >= 15 is 0 Å². The van der Waals surface area contributed by atoms with Gasteiger partial charge in [-0.3, -0.25) is 4.98 Å². The van der Waals surface area contributed by atoms with Gasteiger partial charge in [-0.2, -0.15) is 0 Å². The monoisotopic (exact) mass is 272 g/mol. The van der Waals surface area contributed by atoms with E-state index in [2.05, 4.69) is 27.2 Å². The molecule has 1 N–H and O–H groups in total. The largest absolute Gasteiger partial charge is 0.481 e. The quantitative estimate of drug-likeness (QED) is 0.837. The molecule has 20 heavy (non-hydrogen) atoms. The molecule has 2 aromatic heterocycles. The van der Waals surface area contributed by atoms with Crippen LogP contribution in [0.15, 0.2) is 36.9 Å². The highest BCUT2D eigenvalue weighted by molar-refractivity contribution is 5.20. The van der Waals surface area contributed by atoms with E-state index in [1.807, 2.05) is 30.6 Å². The van der Waals surface area contributed by atoms with Crippen molar-refractivity contribution in [2.75, 3.05) is 13.7 Å². The Morgan fingerprint density at radius 1 is 1.25 bits per heavy atom. The van der Waals surface area contributed by atoms with Crippen LogP contribution in [0.2, 0.25) is 0 Å². The van der Waals surface area contributed by atoms with Crippen molar-refractivity contribution in [1.82, 2.24) is 20.3 Å². The summed E-state index contributed by atoms with van der Waals surface area (Å²) in [7, 11) is 1.61. The SMILES string of the molecule is CCCNC(Cc1ccncc1)c1cc(OC)ncn1. The second-order valence-electron chi connectivity index (χ2n) is 4.55. The molecule has 0 bridgehead atoms. The van der Waals surface area contributed by atoms with E-state index in [0.717, 1.165) is 25.1 Å².